The van der Waals surface area contributed by atoms with Crippen LogP contribution in [0.25, 0.3) is 73.3 Å². The monoisotopic (exact) mass is 700 g/mol. The summed E-state index contributed by atoms with van der Waals surface area (Å²) >= 11 is 3.67. The number of fused-ring (bicyclic) bond motifs is 10. The Morgan fingerprint density at radius 1 is 0.442 bits per heavy atom. The number of pyridine rings is 1. The molecular weight excluding hydrogens is 673 g/mol. The number of aromatic nitrogens is 1. The number of nitrogens with one attached hydrogen (secondary N) is 1. The van der Waals surface area contributed by atoms with Crippen LogP contribution in [0.4, 0.5) is 0 Å². The number of hydrogen-bond acceptors (Lipinski definition) is 6. The molecular formula is C46H28N4S2. The quantitative estimate of drug-likeness (QED) is 0.186. The third kappa shape index (κ3) is 4.55. The highest BCUT2D eigenvalue weighted by atomic mass is 32.1. The molecule has 6 heteroatoms. The third-order valence-corrected chi connectivity index (χ3v) is 12.5. The summed E-state index contributed by atoms with van der Waals surface area (Å²) in [5.41, 5.74) is 6.34. The van der Waals surface area contributed by atoms with E-state index in [0.717, 1.165) is 50.5 Å². The smallest absolute Gasteiger partial charge is 0.170 e. The highest BCUT2D eigenvalue weighted by molar-refractivity contribution is 7.27. The van der Waals surface area contributed by atoms with E-state index in [1.54, 1.807) is 0 Å². The minimum Gasteiger partial charge on any atom is -0.324 e. The van der Waals surface area contributed by atoms with Gasteiger partial charge in [0.05, 0.1) is 11.2 Å². The number of amidine groups is 2. The van der Waals surface area contributed by atoms with Gasteiger partial charge in [-0.3, -0.25) is 0 Å². The molecule has 3 aromatic heterocycles. The molecule has 0 bridgehead atoms. The Morgan fingerprint density at radius 3 is 1.94 bits per heavy atom. The molecule has 52 heavy (non-hydrogen) atoms. The van der Waals surface area contributed by atoms with Crippen LogP contribution in [0.5, 0.6) is 0 Å². The van der Waals surface area contributed by atoms with Gasteiger partial charge in [0.15, 0.2) is 6.17 Å². The van der Waals surface area contributed by atoms with Gasteiger partial charge in [0.2, 0.25) is 0 Å². The maximum Gasteiger partial charge on any atom is 0.170 e. The fraction of sp³-hybridized carbons (Fsp3) is 0.0217. The van der Waals surface area contributed by atoms with Gasteiger partial charge in [0, 0.05) is 78.8 Å². The van der Waals surface area contributed by atoms with Crippen LogP contribution in [0, 0.1) is 0 Å². The molecule has 0 fully saturated rings. The first kappa shape index (κ1) is 29.5. The van der Waals surface area contributed by atoms with Crippen molar-refractivity contribution in [3.05, 3.63) is 174 Å². The summed E-state index contributed by atoms with van der Waals surface area (Å²) < 4.78 is 5.00. The van der Waals surface area contributed by atoms with Crippen molar-refractivity contribution >= 4 is 96.4 Å². The van der Waals surface area contributed by atoms with Gasteiger partial charge in [0.25, 0.3) is 0 Å². The Kier molecular flexibility index (Phi) is 6.62. The van der Waals surface area contributed by atoms with Crippen molar-refractivity contribution in [2.45, 2.75) is 6.17 Å². The molecule has 7 aromatic carbocycles. The summed E-state index contributed by atoms with van der Waals surface area (Å²) in [6, 6.07) is 55.8. The molecule has 10 aromatic rings. The Labute approximate surface area is 307 Å². The fourth-order valence-electron chi connectivity index (χ4n) is 7.82. The second kappa shape index (κ2) is 11.7. The van der Waals surface area contributed by atoms with E-state index in [4.69, 9.17) is 15.0 Å². The Balaban J connectivity index is 1.18. The first-order chi connectivity index (χ1) is 25.8. The first-order valence-corrected chi connectivity index (χ1v) is 19.0. The van der Waals surface area contributed by atoms with E-state index in [1.807, 2.05) is 28.7 Å². The minimum atomic E-state index is -0.446. The van der Waals surface area contributed by atoms with E-state index in [0.29, 0.717) is 0 Å². The van der Waals surface area contributed by atoms with E-state index in [1.165, 1.54) is 51.1 Å². The predicted octanol–water partition coefficient (Wildman–Crippen LogP) is 12.3. The largest absolute Gasteiger partial charge is 0.324 e. The number of para-hydroxylation sites is 1. The molecule has 0 aliphatic carbocycles. The summed E-state index contributed by atoms with van der Waals surface area (Å²) in [5.74, 6) is 1.65. The van der Waals surface area contributed by atoms with Gasteiger partial charge in [-0.2, -0.15) is 0 Å². The highest BCUT2D eigenvalue weighted by Gasteiger charge is 2.26. The molecule has 0 saturated carbocycles. The van der Waals surface area contributed by atoms with Crippen molar-refractivity contribution in [2.24, 2.45) is 9.98 Å². The Bertz CT molecular complexity index is 3100. The molecule has 1 aliphatic rings. The summed E-state index contributed by atoms with van der Waals surface area (Å²) in [6.45, 7) is 0. The normalized spacial score (nSPS) is 14.7. The molecule has 0 amide bonds. The van der Waals surface area contributed by atoms with Crippen molar-refractivity contribution in [1.29, 1.82) is 0 Å². The maximum atomic E-state index is 5.45. The minimum absolute atomic E-state index is 0.446. The van der Waals surface area contributed by atoms with Crippen LogP contribution in [0.1, 0.15) is 22.9 Å². The van der Waals surface area contributed by atoms with Crippen molar-refractivity contribution in [3.63, 3.8) is 0 Å². The summed E-state index contributed by atoms with van der Waals surface area (Å²) in [7, 11) is 0. The fourth-order valence-corrected chi connectivity index (χ4v) is 10.2. The van der Waals surface area contributed by atoms with E-state index >= 15 is 0 Å². The van der Waals surface area contributed by atoms with Crippen LogP contribution in [0.3, 0.4) is 0 Å². The molecule has 1 aliphatic heterocycles. The zero-order valence-electron chi connectivity index (χ0n) is 27.7. The molecule has 4 nitrogen and oxygen atoms in total. The molecule has 0 spiro atoms. The summed E-state index contributed by atoms with van der Waals surface area (Å²) in [4.78, 5) is 16.0. The van der Waals surface area contributed by atoms with Crippen molar-refractivity contribution < 1.29 is 0 Å². The van der Waals surface area contributed by atoms with Crippen LogP contribution in [0.2, 0.25) is 0 Å². The van der Waals surface area contributed by atoms with E-state index in [2.05, 4.69) is 157 Å². The first-order valence-electron chi connectivity index (χ1n) is 17.4. The topological polar surface area (TPSA) is 49.6 Å². The molecule has 244 valence electrons. The standard InChI is InChI=1S/C46H28N4S2/c1-3-13-27(14-4-1)42-31-25-26-32-40-34(20-12-24-38(40)52-43(32)41(31)29-17-7-9-21-35(29)47-42)46-49-44(28-15-5-2-6-16-28)48-45(50-46)33-19-11-23-37-39(33)30-18-8-10-22-36(30)51-37/h1-26,46H,(H,48,49,50). The lowest BCUT2D eigenvalue weighted by Crippen LogP contribution is -2.36. The lowest BCUT2D eigenvalue weighted by molar-refractivity contribution is 0.763. The highest BCUT2D eigenvalue weighted by Crippen LogP contribution is 2.46. The second-order valence-electron chi connectivity index (χ2n) is 13.1. The van der Waals surface area contributed by atoms with E-state index in [-0.39, 0.29) is 0 Å². The zero-order valence-corrected chi connectivity index (χ0v) is 29.4. The summed E-state index contributed by atoms with van der Waals surface area (Å²) in [6.07, 6.45) is -0.446. The lowest BCUT2D eigenvalue weighted by Gasteiger charge is -2.23. The average molecular weight is 701 g/mol. The van der Waals surface area contributed by atoms with Gasteiger partial charge in [0.1, 0.15) is 11.7 Å². The number of hydrogen-bond donors (Lipinski definition) is 1. The third-order valence-electron chi connectivity index (χ3n) is 10.1. The number of nitrogens with zero attached hydrogens (tertiary/aromatic N) is 3. The number of thiophene rings is 2. The molecule has 1 unspecified atom stereocenters. The summed E-state index contributed by atoms with van der Waals surface area (Å²) in [5, 5.41) is 12.1. The Morgan fingerprint density at radius 2 is 1.10 bits per heavy atom. The van der Waals surface area contributed by atoms with Gasteiger partial charge in [-0.15, -0.1) is 22.7 Å². The van der Waals surface area contributed by atoms with Gasteiger partial charge in [-0.05, 0) is 24.3 Å². The number of benzene rings is 7. The molecule has 0 saturated heterocycles. The van der Waals surface area contributed by atoms with E-state index < -0.39 is 6.17 Å². The van der Waals surface area contributed by atoms with Crippen molar-refractivity contribution in [3.8, 4) is 11.3 Å². The molecule has 11 rings (SSSR count). The van der Waals surface area contributed by atoms with Crippen LogP contribution in [0.15, 0.2) is 168 Å². The number of rotatable bonds is 4. The molecule has 1 atom stereocenters. The molecule has 0 radical (unpaired) electrons. The lowest BCUT2D eigenvalue weighted by atomic mass is 9.96. The average Bonchev–Trinajstić information content (AvgIpc) is 3.80. The predicted molar refractivity (Wildman–Crippen MR) is 222 cm³/mol. The second-order valence-corrected chi connectivity index (χ2v) is 15.3. The van der Waals surface area contributed by atoms with E-state index in [9.17, 15) is 0 Å². The van der Waals surface area contributed by atoms with Crippen LogP contribution in [-0.4, -0.2) is 16.7 Å². The van der Waals surface area contributed by atoms with Gasteiger partial charge in [-0.1, -0.05) is 133 Å². The zero-order chi connectivity index (χ0) is 34.2. The Hall–Kier alpha value is -6.21. The SMILES string of the molecule is c1ccc(C2=NC(c3cccc4sc5c(ccc6c(-c7ccccc7)nc7ccccc7c65)c34)N=C(c3cccc4sc5ccccc5c34)N2)cc1. The van der Waals surface area contributed by atoms with Crippen molar-refractivity contribution in [1.82, 2.24) is 10.3 Å². The van der Waals surface area contributed by atoms with Crippen molar-refractivity contribution in [2.75, 3.05) is 0 Å². The number of aliphatic imine (C=N–C) groups is 2. The van der Waals surface area contributed by atoms with Gasteiger partial charge in [-0.25, -0.2) is 15.0 Å². The van der Waals surface area contributed by atoms with Crippen LogP contribution < -0.4 is 5.32 Å². The van der Waals surface area contributed by atoms with Gasteiger partial charge >= 0.3 is 0 Å². The van der Waals surface area contributed by atoms with Crippen LogP contribution >= 0.6 is 22.7 Å². The molecule has 4 heterocycles. The van der Waals surface area contributed by atoms with Crippen LogP contribution in [-0.2, 0) is 0 Å². The van der Waals surface area contributed by atoms with Gasteiger partial charge < -0.3 is 5.32 Å². The molecule has 1 N–H and O–H groups in total. The maximum absolute atomic E-state index is 5.45.